The Labute approximate surface area is 158 Å². The predicted octanol–water partition coefficient (Wildman–Crippen LogP) is 4.27. The number of rotatable bonds is 4. The third-order valence-electron chi connectivity index (χ3n) is 4.58. The van der Waals surface area contributed by atoms with E-state index in [4.69, 9.17) is 13.9 Å². The van der Waals surface area contributed by atoms with E-state index in [1.54, 1.807) is 38.5 Å². The van der Waals surface area contributed by atoms with Gasteiger partial charge < -0.3 is 19.0 Å². The van der Waals surface area contributed by atoms with Gasteiger partial charge in [0.15, 0.2) is 11.5 Å². The molecule has 0 amide bonds. The van der Waals surface area contributed by atoms with Gasteiger partial charge in [0.2, 0.25) is 0 Å². The number of aliphatic hydroxyl groups excluding tert-OH is 1. The predicted molar refractivity (Wildman–Crippen MR) is 106 cm³/mol. The minimum atomic E-state index is -0.419. The molecule has 0 spiro atoms. The van der Waals surface area contributed by atoms with Crippen LogP contribution in [-0.2, 0) is 12.0 Å². The molecule has 1 aromatic heterocycles. The smallest absolute Gasteiger partial charge is 0.344 e. The first-order valence-electron chi connectivity index (χ1n) is 8.73. The van der Waals surface area contributed by atoms with Gasteiger partial charge in [-0.15, -0.1) is 0 Å². The Morgan fingerprint density at radius 1 is 1.00 bits per heavy atom. The van der Waals surface area contributed by atoms with Gasteiger partial charge in [0, 0.05) is 10.9 Å². The molecule has 0 fully saturated rings. The largest absolute Gasteiger partial charge is 0.493 e. The molecule has 3 rings (SSSR count). The Kier molecular flexibility index (Phi) is 4.98. The lowest BCUT2D eigenvalue weighted by Gasteiger charge is -2.21. The Morgan fingerprint density at radius 2 is 1.70 bits per heavy atom. The van der Waals surface area contributed by atoms with E-state index in [1.165, 1.54) is 0 Å². The number of fused-ring (bicyclic) bond motifs is 1. The van der Waals surface area contributed by atoms with Crippen molar-refractivity contribution in [3.8, 4) is 22.6 Å². The van der Waals surface area contributed by atoms with Crippen molar-refractivity contribution in [3.63, 3.8) is 0 Å². The average molecular weight is 368 g/mol. The van der Waals surface area contributed by atoms with Crippen LogP contribution < -0.4 is 15.1 Å². The first kappa shape index (κ1) is 19.0. The zero-order chi connectivity index (χ0) is 19.8. The number of hydrogen-bond donors (Lipinski definition) is 1. The highest BCUT2D eigenvalue weighted by Gasteiger charge is 2.21. The summed E-state index contributed by atoms with van der Waals surface area (Å²) in [7, 11) is 3.11. The third-order valence-corrected chi connectivity index (χ3v) is 4.58. The van der Waals surface area contributed by atoms with Gasteiger partial charge in [-0.2, -0.15) is 0 Å². The Bertz CT molecular complexity index is 1040. The molecule has 142 valence electrons. The highest BCUT2D eigenvalue weighted by atomic mass is 16.5. The van der Waals surface area contributed by atoms with Crippen LogP contribution in [0.15, 0.2) is 45.6 Å². The fraction of sp³-hybridized carbons (Fsp3) is 0.318. The van der Waals surface area contributed by atoms with E-state index < -0.39 is 5.63 Å². The van der Waals surface area contributed by atoms with Crippen molar-refractivity contribution >= 4 is 11.0 Å². The minimum absolute atomic E-state index is 0.0795. The lowest BCUT2D eigenvalue weighted by Crippen LogP contribution is -2.14. The fourth-order valence-electron chi connectivity index (χ4n) is 3.15. The maximum Gasteiger partial charge on any atom is 0.344 e. The molecule has 5 nitrogen and oxygen atoms in total. The third kappa shape index (κ3) is 3.55. The van der Waals surface area contributed by atoms with Gasteiger partial charge in [-0.3, -0.25) is 0 Å². The molecule has 0 radical (unpaired) electrons. The lowest BCUT2D eigenvalue weighted by atomic mass is 9.84. The monoisotopic (exact) mass is 368 g/mol. The summed E-state index contributed by atoms with van der Waals surface area (Å²) < 4.78 is 16.3. The number of methoxy groups -OCH3 is 2. The van der Waals surface area contributed by atoms with Crippen LogP contribution in [0.2, 0.25) is 0 Å². The van der Waals surface area contributed by atoms with Crippen molar-refractivity contribution in [2.45, 2.75) is 32.8 Å². The van der Waals surface area contributed by atoms with Crippen molar-refractivity contribution in [1.29, 1.82) is 0 Å². The SMILES string of the molecule is COc1ccc(-c2cc3cc(CO)cc(C(C)(C)C)c3oc2=O)cc1OC. The second kappa shape index (κ2) is 7.08. The molecule has 0 unspecified atom stereocenters. The molecular formula is C22H24O5. The van der Waals surface area contributed by atoms with Gasteiger partial charge in [-0.1, -0.05) is 26.8 Å². The Balaban J connectivity index is 2.28. The zero-order valence-corrected chi connectivity index (χ0v) is 16.3. The quantitative estimate of drug-likeness (QED) is 0.697. The molecule has 1 heterocycles. The molecule has 0 saturated heterocycles. The minimum Gasteiger partial charge on any atom is -0.493 e. The maximum atomic E-state index is 12.7. The van der Waals surface area contributed by atoms with Crippen LogP contribution in [0.4, 0.5) is 0 Å². The number of aliphatic hydroxyl groups is 1. The summed E-state index contributed by atoms with van der Waals surface area (Å²) >= 11 is 0. The summed E-state index contributed by atoms with van der Waals surface area (Å²) in [4.78, 5) is 12.7. The first-order chi connectivity index (χ1) is 12.8. The first-order valence-corrected chi connectivity index (χ1v) is 8.73. The van der Waals surface area contributed by atoms with Crippen molar-refractivity contribution in [1.82, 2.24) is 0 Å². The van der Waals surface area contributed by atoms with Crippen molar-refractivity contribution in [3.05, 3.63) is 57.9 Å². The highest BCUT2D eigenvalue weighted by molar-refractivity contribution is 5.86. The molecule has 0 saturated carbocycles. The lowest BCUT2D eigenvalue weighted by molar-refractivity contribution is 0.281. The topological polar surface area (TPSA) is 68.9 Å². The van der Waals surface area contributed by atoms with Crippen LogP contribution >= 0.6 is 0 Å². The number of hydrogen-bond acceptors (Lipinski definition) is 5. The summed E-state index contributed by atoms with van der Waals surface area (Å²) in [5.41, 5.74) is 2.67. The van der Waals surface area contributed by atoms with Gasteiger partial charge in [-0.05, 0) is 46.9 Å². The summed E-state index contributed by atoms with van der Waals surface area (Å²) in [5, 5.41) is 10.4. The normalized spacial score (nSPS) is 11.6. The molecule has 0 bridgehead atoms. The molecule has 0 aliphatic rings. The molecule has 0 atom stereocenters. The van der Waals surface area contributed by atoms with Crippen molar-refractivity contribution in [2.75, 3.05) is 14.2 Å². The van der Waals surface area contributed by atoms with Gasteiger partial charge in [0.05, 0.1) is 26.4 Å². The van der Waals surface area contributed by atoms with E-state index in [2.05, 4.69) is 0 Å². The summed E-state index contributed by atoms with van der Waals surface area (Å²) in [6.45, 7) is 6.06. The molecule has 1 N–H and O–H groups in total. The molecule has 27 heavy (non-hydrogen) atoms. The average Bonchev–Trinajstić information content (AvgIpc) is 2.65. The Morgan fingerprint density at radius 3 is 2.30 bits per heavy atom. The Hall–Kier alpha value is -2.79. The van der Waals surface area contributed by atoms with Gasteiger partial charge in [-0.25, -0.2) is 4.79 Å². The number of benzene rings is 2. The van der Waals surface area contributed by atoms with Crippen LogP contribution in [0.25, 0.3) is 22.1 Å². The molecule has 0 aliphatic carbocycles. The zero-order valence-electron chi connectivity index (χ0n) is 16.3. The summed E-state index contributed by atoms with van der Waals surface area (Å²) in [5.74, 6) is 1.12. The van der Waals surface area contributed by atoms with E-state index >= 15 is 0 Å². The van der Waals surface area contributed by atoms with Crippen LogP contribution in [0.1, 0.15) is 31.9 Å². The maximum absolute atomic E-state index is 12.7. The van der Waals surface area contributed by atoms with E-state index in [1.807, 2.05) is 32.9 Å². The van der Waals surface area contributed by atoms with Crippen molar-refractivity contribution < 1.29 is 19.0 Å². The molecule has 3 aromatic rings. The highest BCUT2D eigenvalue weighted by Crippen LogP contribution is 2.35. The van der Waals surface area contributed by atoms with Gasteiger partial charge in [0.25, 0.3) is 0 Å². The van der Waals surface area contributed by atoms with Crippen molar-refractivity contribution in [2.24, 2.45) is 0 Å². The molecular weight excluding hydrogens is 344 g/mol. The molecule has 5 heteroatoms. The second-order valence-electron chi connectivity index (χ2n) is 7.49. The van der Waals surface area contributed by atoms with E-state index in [9.17, 15) is 9.90 Å². The fourth-order valence-corrected chi connectivity index (χ4v) is 3.15. The van der Waals surface area contributed by atoms with E-state index in [0.717, 1.165) is 16.5 Å². The van der Waals surface area contributed by atoms with Crippen LogP contribution in [0.3, 0.4) is 0 Å². The van der Waals surface area contributed by atoms with Crippen LogP contribution in [0.5, 0.6) is 11.5 Å². The second-order valence-corrected chi connectivity index (χ2v) is 7.49. The standard InChI is InChI=1S/C22H24O5/c1-22(2,3)17-9-13(12-23)8-15-10-16(21(24)27-20(15)17)14-6-7-18(25-4)19(11-14)26-5/h6-11,23H,12H2,1-5H3. The number of ether oxygens (including phenoxy) is 2. The van der Waals surface area contributed by atoms with Crippen LogP contribution in [-0.4, -0.2) is 19.3 Å². The summed E-state index contributed by atoms with van der Waals surface area (Å²) in [6, 6.07) is 10.8. The van der Waals surface area contributed by atoms with Gasteiger partial charge in [0.1, 0.15) is 5.58 Å². The van der Waals surface area contributed by atoms with E-state index in [0.29, 0.717) is 28.2 Å². The molecule has 2 aromatic carbocycles. The van der Waals surface area contributed by atoms with Gasteiger partial charge >= 0.3 is 5.63 Å². The molecule has 0 aliphatic heterocycles. The van der Waals surface area contributed by atoms with Crippen LogP contribution in [0, 0.1) is 0 Å². The summed E-state index contributed by atoms with van der Waals surface area (Å²) in [6.07, 6.45) is 0. The van der Waals surface area contributed by atoms with E-state index in [-0.39, 0.29) is 12.0 Å².